The SMILES string of the molecule is CCOc1ccc(-c2nc3cc(C)c(Br)cn3c2CC#N)cc1. The molecule has 3 rings (SSSR count). The molecule has 2 heterocycles. The normalized spacial score (nSPS) is 10.7. The van der Waals surface area contributed by atoms with E-state index >= 15 is 0 Å². The highest BCUT2D eigenvalue weighted by molar-refractivity contribution is 9.10. The van der Waals surface area contributed by atoms with Gasteiger partial charge in [0.1, 0.15) is 11.4 Å². The minimum Gasteiger partial charge on any atom is -0.494 e. The molecule has 0 amide bonds. The van der Waals surface area contributed by atoms with Crippen molar-refractivity contribution in [3.05, 3.63) is 52.3 Å². The predicted molar refractivity (Wildman–Crippen MR) is 93.6 cm³/mol. The Kier molecular flexibility index (Phi) is 4.35. The smallest absolute Gasteiger partial charge is 0.138 e. The zero-order chi connectivity index (χ0) is 16.4. The Morgan fingerprint density at radius 1 is 1.30 bits per heavy atom. The van der Waals surface area contributed by atoms with Crippen molar-refractivity contribution in [2.45, 2.75) is 20.3 Å². The summed E-state index contributed by atoms with van der Waals surface area (Å²) in [7, 11) is 0. The Morgan fingerprint density at radius 3 is 2.70 bits per heavy atom. The summed E-state index contributed by atoms with van der Waals surface area (Å²) in [5, 5.41) is 9.18. The number of nitriles is 1. The molecule has 0 spiro atoms. The lowest BCUT2D eigenvalue weighted by molar-refractivity contribution is 0.340. The number of aryl methyl sites for hydroxylation is 1. The van der Waals surface area contributed by atoms with Gasteiger partial charge < -0.3 is 9.14 Å². The van der Waals surface area contributed by atoms with E-state index in [0.717, 1.165) is 38.4 Å². The van der Waals surface area contributed by atoms with Gasteiger partial charge in [0.2, 0.25) is 0 Å². The molecular weight excluding hydrogens is 354 g/mol. The Balaban J connectivity index is 2.16. The van der Waals surface area contributed by atoms with Crippen LogP contribution in [0.2, 0.25) is 0 Å². The van der Waals surface area contributed by atoms with E-state index < -0.39 is 0 Å². The van der Waals surface area contributed by atoms with Crippen LogP contribution in [-0.2, 0) is 6.42 Å². The Labute approximate surface area is 143 Å². The third-order valence-electron chi connectivity index (χ3n) is 3.69. The van der Waals surface area contributed by atoms with Gasteiger partial charge in [-0.25, -0.2) is 4.98 Å². The zero-order valence-electron chi connectivity index (χ0n) is 13.0. The number of hydrogen-bond acceptors (Lipinski definition) is 3. The molecule has 23 heavy (non-hydrogen) atoms. The second-order valence-corrected chi connectivity index (χ2v) is 6.09. The van der Waals surface area contributed by atoms with Crippen molar-refractivity contribution in [1.29, 1.82) is 5.26 Å². The van der Waals surface area contributed by atoms with Crippen LogP contribution in [0.1, 0.15) is 18.2 Å². The maximum atomic E-state index is 9.18. The van der Waals surface area contributed by atoms with Gasteiger partial charge in [-0.3, -0.25) is 0 Å². The molecule has 0 unspecified atom stereocenters. The molecule has 0 N–H and O–H groups in total. The van der Waals surface area contributed by atoms with Gasteiger partial charge in [0.15, 0.2) is 0 Å². The first-order chi connectivity index (χ1) is 11.1. The summed E-state index contributed by atoms with van der Waals surface area (Å²) in [4.78, 5) is 4.73. The molecule has 5 heteroatoms. The van der Waals surface area contributed by atoms with Crippen LogP contribution in [0.5, 0.6) is 5.75 Å². The van der Waals surface area contributed by atoms with Gasteiger partial charge in [-0.05, 0) is 65.7 Å². The van der Waals surface area contributed by atoms with Gasteiger partial charge in [-0.15, -0.1) is 0 Å². The fourth-order valence-corrected chi connectivity index (χ4v) is 2.88. The van der Waals surface area contributed by atoms with Crippen LogP contribution >= 0.6 is 15.9 Å². The highest BCUT2D eigenvalue weighted by Gasteiger charge is 2.15. The van der Waals surface area contributed by atoms with Crippen molar-refractivity contribution in [3.8, 4) is 23.1 Å². The Morgan fingerprint density at radius 2 is 2.04 bits per heavy atom. The number of imidazole rings is 1. The maximum absolute atomic E-state index is 9.18. The molecule has 0 aliphatic rings. The van der Waals surface area contributed by atoms with Crippen molar-refractivity contribution >= 4 is 21.6 Å². The van der Waals surface area contributed by atoms with Crippen LogP contribution < -0.4 is 4.74 Å². The maximum Gasteiger partial charge on any atom is 0.138 e. The predicted octanol–water partition coefficient (Wildman–Crippen LogP) is 4.54. The third-order valence-corrected chi connectivity index (χ3v) is 4.52. The molecule has 0 bridgehead atoms. The van der Waals surface area contributed by atoms with Crippen molar-refractivity contribution in [1.82, 2.24) is 9.38 Å². The van der Waals surface area contributed by atoms with E-state index in [0.29, 0.717) is 13.0 Å². The molecule has 0 saturated heterocycles. The number of nitrogens with zero attached hydrogens (tertiary/aromatic N) is 3. The molecule has 0 radical (unpaired) electrons. The Bertz CT molecular complexity index is 891. The van der Waals surface area contributed by atoms with E-state index in [9.17, 15) is 5.26 Å². The first-order valence-corrected chi connectivity index (χ1v) is 8.20. The molecule has 3 aromatic rings. The van der Waals surface area contributed by atoms with E-state index in [-0.39, 0.29) is 0 Å². The standard InChI is InChI=1S/C18H16BrN3O/c1-3-23-14-6-4-13(5-7-14)18-16(8-9-20)22-11-15(19)12(2)10-17(22)21-18/h4-7,10-11H,3,8H2,1-2H3. The molecule has 0 atom stereocenters. The molecule has 0 aliphatic heterocycles. The van der Waals surface area contributed by atoms with Crippen LogP contribution in [0, 0.1) is 18.3 Å². The fraction of sp³-hybridized carbons (Fsp3) is 0.222. The fourth-order valence-electron chi connectivity index (χ4n) is 2.56. The third kappa shape index (κ3) is 2.95. The highest BCUT2D eigenvalue weighted by atomic mass is 79.9. The topological polar surface area (TPSA) is 50.3 Å². The van der Waals surface area contributed by atoms with E-state index in [1.165, 1.54) is 0 Å². The van der Waals surface area contributed by atoms with Crippen LogP contribution in [-0.4, -0.2) is 16.0 Å². The monoisotopic (exact) mass is 369 g/mol. The van der Waals surface area contributed by atoms with Crippen LogP contribution in [0.4, 0.5) is 0 Å². The lowest BCUT2D eigenvalue weighted by Gasteiger charge is -2.05. The number of aromatic nitrogens is 2. The summed E-state index contributed by atoms with van der Waals surface area (Å²) in [5.41, 5.74) is 4.68. The molecule has 0 aliphatic carbocycles. The second-order valence-electron chi connectivity index (χ2n) is 5.23. The second kappa shape index (κ2) is 6.43. The van der Waals surface area contributed by atoms with Crippen molar-refractivity contribution < 1.29 is 4.74 Å². The molecule has 1 aromatic carbocycles. The van der Waals surface area contributed by atoms with Crippen LogP contribution in [0.25, 0.3) is 16.9 Å². The lowest BCUT2D eigenvalue weighted by Crippen LogP contribution is -1.95. The number of ether oxygens (including phenoxy) is 1. The summed E-state index contributed by atoms with van der Waals surface area (Å²) < 4.78 is 8.46. The van der Waals surface area contributed by atoms with Crippen molar-refractivity contribution in [2.24, 2.45) is 0 Å². The Hall–Kier alpha value is -2.32. The van der Waals surface area contributed by atoms with Crippen LogP contribution in [0.15, 0.2) is 41.0 Å². The van der Waals surface area contributed by atoms with Gasteiger partial charge in [0.25, 0.3) is 0 Å². The summed E-state index contributed by atoms with van der Waals surface area (Å²) in [6, 6.07) is 12.1. The molecule has 0 saturated carbocycles. The average molecular weight is 370 g/mol. The lowest BCUT2D eigenvalue weighted by atomic mass is 10.1. The molecule has 0 fully saturated rings. The van der Waals surface area contributed by atoms with E-state index in [4.69, 9.17) is 9.72 Å². The number of halogens is 1. The van der Waals surface area contributed by atoms with Gasteiger partial charge in [0, 0.05) is 16.2 Å². The molecule has 116 valence electrons. The number of rotatable bonds is 4. The van der Waals surface area contributed by atoms with E-state index in [2.05, 4.69) is 22.0 Å². The molecule has 4 nitrogen and oxygen atoms in total. The van der Waals surface area contributed by atoms with E-state index in [1.54, 1.807) is 0 Å². The molecule has 2 aromatic heterocycles. The highest BCUT2D eigenvalue weighted by Crippen LogP contribution is 2.28. The largest absolute Gasteiger partial charge is 0.494 e. The molecular formula is C18H16BrN3O. The van der Waals surface area contributed by atoms with E-state index in [1.807, 2.05) is 54.8 Å². The number of pyridine rings is 1. The average Bonchev–Trinajstić information content (AvgIpc) is 2.87. The van der Waals surface area contributed by atoms with Crippen molar-refractivity contribution in [2.75, 3.05) is 6.61 Å². The summed E-state index contributed by atoms with van der Waals surface area (Å²) >= 11 is 3.55. The summed E-state index contributed by atoms with van der Waals surface area (Å²) in [6.07, 6.45) is 2.28. The minimum atomic E-state index is 0.305. The number of hydrogen-bond donors (Lipinski definition) is 0. The quantitative estimate of drug-likeness (QED) is 0.678. The van der Waals surface area contributed by atoms with Crippen molar-refractivity contribution in [3.63, 3.8) is 0 Å². The zero-order valence-corrected chi connectivity index (χ0v) is 14.6. The number of benzene rings is 1. The summed E-state index contributed by atoms with van der Waals surface area (Å²) in [5.74, 6) is 0.834. The summed E-state index contributed by atoms with van der Waals surface area (Å²) in [6.45, 7) is 4.63. The first-order valence-electron chi connectivity index (χ1n) is 7.41. The number of fused-ring (bicyclic) bond motifs is 1. The van der Waals surface area contributed by atoms with Gasteiger partial charge in [0.05, 0.1) is 30.5 Å². The minimum absolute atomic E-state index is 0.305. The van der Waals surface area contributed by atoms with Crippen LogP contribution in [0.3, 0.4) is 0 Å². The van der Waals surface area contributed by atoms with Gasteiger partial charge >= 0.3 is 0 Å². The van der Waals surface area contributed by atoms with Gasteiger partial charge in [-0.1, -0.05) is 0 Å². The first kappa shape index (κ1) is 15.6. The van der Waals surface area contributed by atoms with Gasteiger partial charge in [-0.2, -0.15) is 5.26 Å².